The van der Waals surface area contributed by atoms with E-state index in [-0.39, 0.29) is 11.3 Å². The topological polar surface area (TPSA) is 83.5 Å². The highest BCUT2D eigenvalue weighted by Gasteiger charge is 2.10. The minimum Gasteiger partial charge on any atom is -0.478 e. The van der Waals surface area contributed by atoms with Crippen LogP contribution in [-0.2, 0) is 10.0 Å². The van der Waals surface area contributed by atoms with Gasteiger partial charge in [-0.3, -0.25) is 4.72 Å². The average molecular weight is 243 g/mol. The fraction of sp³-hybridized carbons (Fsp3) is 0.300. The van der Waals surface area contributed by atoms with E-state index in [1.54, 1.807) is 6.92 Å². The third kappa shape index (κ3) is 2.96. The number of carbonyl (C=O) groups is 1. The number of sulfonamides is 1. The van der Waals surface area contributed by atoms with Gasteiger partial charge in [-0.15, -0.1) is 0 Å². The van der Waals surface area contributed by atoms with Gasteiger partial charge in [-0.25, -0.2) is 13.2 Å². The maximum absolute atomic E-state index is 11.3. The monoisotopic (exact) mass is 243 g/mol. The van der Waals surface area contributed by atoms with Crippen molar-refractivity contribution in [2.24, 2.45) is 0 Å². The lowest BCUT2D eigenvalue weighted by atomic mass is 10.1. The first-order chi connectivity index (χ1) is 7.35. The molecule has 0 atom stereocenters. The van der Waals surface area contributed by atoms with Crippen LogP contribution in [0.15, 0.2) is 18.2 Å². The van der Waals surface area contributed by atoms with Gasteiger partial charge < -0.3 is 5.11 Å². The highest BCUT2D eigenvalue weighted by molar-refractivity contribution is 7.92. The zero-order valence-electron chi connectivity index (χ0n) is 9.02. The summed E-state index contributed by atoms with van der Waals surface area (Å²) in [6.07, 6.45) is 0. The molecule has 6 heteroatoms. The number of rotatable bonds is 4. The van der Waals surface area contributed by atoms with E-state index >= 15 is 0 Å². The predicted octanol–water partition coefficient (Wildman–Crippen LogP) is 1.45. The number of aromatic carboxylic acids is 1. The van der Waals surface area contributed by atoms with Crippen molar-refractivity contribution >= 4 is 21.7 Å². The Kier molecular flexibility index (Phi) is 3.54. The van der Waals surface area contributed by atoms with Crippen molar-refractivity contribution in [3.05, 3.63) is 29.3 Å². The van der Waals surface area contributed by atoms with Crippen LogP contribution in [0.25, 0.3) is 0 Å². The number of aryl methyl sites for hydroxylation is 1. The minimum absolute atomic E-state index is 0.0211. The number of carboxylic acid groups (broad SMARTS) is 1. The van der Waals surface area contributed by atoms with Crippen molar-refractivity contribution in [1.29, 1.82) is 0 Å². The van der Waals surface area contributed by atoms with Crippen LogP contribution in [-0.4, -0.2) is 25.2 Å². The summed E-state index contributed by atoms with van der Waals surface area (Å²) < 4.78 is 24.9. The Labute approximate surface area is 94.2 Å². The van der Waals surface area contributed by atoms with E-state index in [0.717, 1.165) is 0 Å². The van der Waals surface area contributed by atoms with E-state index in [2.05, 4.69) is 4.72 Å². The molecule has 2 N–H and O–H groups in total. The molecule has 0 spiro atoms. The summed E-state index contributed by atoms with van der Waals surface area (Å²) in [4.78, 5) is 10.7. The highest BCUT2D eigenvalue weighted by atomic mass is 32.2. The summed E-state index contributed by atoms with van der Waals surface area (Å²) >= 11 is 0. The zero-order valence-corrected chi connectivity index (χ0v) is 9.84. The lowest BCUT2D eigenvalue weighted by Crippen LogP contribution is -2.14. The zero-order chi connectivity index (χ0) is 12.3. The van der Waals surface area contributed by atoms with Crippen molar-refractivity contribution in [1.82, 2.24) is 0 Å². The van der Waals surface area contributed by atoms with Gasteiger partial charge in [-0.1, -0.05) is 0 Å². The second-order valence-corrected chi connectivity index (χ2v) is 5.35. The fourth-order valence-corrected chi connectivity index (χ4v) is 1.85. The van der Waals surface area contributed by atoms with Crippen LogP contribution in [0, 0.1) is 6.92 Å². The Morgan fingerprint density at radius 2 is 2.06 bits per heavy atom. The van der Waals surface area contributed by atoms with E-state index in [1.807, 2.05) is 0 Å². The molecule has 0 aromatic heterocycles. The van der Waals surface area contributed by atoms with Crippen LogP contribution in [0.3, 0.4) is 0 Å². The molecular weight excluding hydrogens is 230 g/mol. The first kappa shape index (κ1) is 12.5. The Bertz CT molecular complexity index is 508. The molecule has 0 aliphatic rings. The summed E-state index contributed by atoms with van der Waals surface area (Å²) in [5.74, 6) is -1.05. The van der Waals surface area contributed by atoms with Crippen molar-refractivity contribution in [2.75, 3.05) is 10.5 Å². The van der Waals surface area contributed by atoms with Gasteiger partial charge in [0, 0.05) is 5.69 Å². The molecule has 0 saturated heterocycles. The largest absolute Gasteiger partial charge is 0.478 e. The van der Waals surface area contributed by atoms with E-state index in [4.69, 9.17) is 5.11 Å². The Balaban J connectivity index is 3.03. The lowest BCUT2D eigenvalue weighted by Gasteiger charge is -2.08. The molecule has 16 heavy (non-hydrogen) atoms. The third-order valence-electron chi connectivity index (χ3n) is 2.11. The lowest BCUT2D eigenvalue weighted by molar-refractivity contribution is 0.0696. The summed E-state index contributed by atoms with van der Waals surface area (Å²) in [6, 6.07) is 4.31. The Hall–Kier alpha value is -1.56. The molecule has 1 aromatic rings. The Morgan fingerprint density at radius 3 is 2.50 bits per heavy atom. The summed E-state index contributed by atoms with van der Waals surface area (Å²) in [5.41, 5.74) is 1.06. The number of nitrogens with one attached hydrogen (secondary N) is 1. The molecule has 0 aliphatic heterocycles. The average Bonchev–Trinajstić information content (AvgIpc) is 2.16. The normalized spacial score (nSPS) is 11.1. The molecule has 5 nitrogen and oxygen atoms in total. The molecule has 0 radical (unpaired) electrons. The van der Waals surface area contributed by atoms with Crippen LogP contribution in [0.1, 0.15) is 22.8 Å². The van der Waals surface area contributed by atoms with E-state index in [9.17, 15) is 13.2 Å². The number of carboxylic acids is 1. The van der Waals surface area contributed by atoms with Crippen molar-refractivity contribution < 1.29 is 18.3 Å². The molecule has 0 unspecified atom stereocenters. The van der Waals surface area contributed by atoms with E-state index in [1.165, 1.54) is 25.1 Å². The molecule has 1 aromatic carbocycles. The first-order valence-electron chi connectivity index (χ1n) is 4.70. The second kappa shape index (κ2) is 4.52. The van der Waals surface area contributed by atoms with Gasteiger partial charge in [0.1, 0.15) is 0 Å². The van der Waals surface area contributed by atoms with Gasteiger partial charge in [-0.2, -0.15) is 0 Å². The molecular formula is C10H13NO4S. The Morgan fingerprint density at radius 1 is 1.44 bits per heavy atom. The van der Waals surface area contributed by atoms with Gasteiger partial charge in [0.2, 0.25) is 10.0 Å². The maximum Gasteiger partial charge on any atom is 0.335 e. The van der Waals surface area contributed by atoms with Gasteiger partial charge >= 0.3 is 5.97 Å². The second-order valence-electron chi connectivity index (χ2n) is 3.34. The molecule has 0 aliphatic carbocycles. The van der Waals surface area contributed by atoms with Gasteiger partial charge in [0.15, 0.2) is 0 Å². The summed E-state index contributed by atoms with van der Waals surface area (Å²) in [7, 11) is -3.32. The number of benzene rings is 1. The SMILES string of the molecule is CCS(=O)(=O)Nc1ccc(C(=O)O)c(C)c1. The number of hydrogen-bond acceptors (Lipinski definition) is 3. The maximum atomic E-state index is 11.3. The molecule has 0 saturated carbocycles. The van der Waals surface area contributed by atoms with E-state index in [0.29, 0.717) is 11.3 Å². The molecule has 88 valence electrons. The third-order valence-corrected chi connectivity index (χ3v) is 3.42. The van der Waals surface area contributed by atoms with Gasteiger partial charge in [-0.05, 0) is 37.6 Å². The van der Waals surface area contributed by atoms with Gasteiger partial charge in [0.25, 0.3) is 0 Å². The molecule has 0 bridgehead atoms. The number of anilines is 1. The van der Waals surface area contributed by atoms with Crippen molar-refractivity contribution in [3.63, 3.8) is 0 Å². The van der Waals surface area contributed by atoms with E-state index < -0.39 is 16.0 Å². The van der Waals surface area contributed by atoms with Crippen molar-refractivity contribution in [3.8, 4) is 0 Å². The molecule has 0 fully saturated rings. The van der Waals surface area contributed by atoms with Crippen LogP contribution in [0.4, 0.5) is 5.69 Å². The number of hydrogen-bond donors (Lipinski definition) is 2. The van der Waals surface area contributed by atoms with Crippen LogP contribution in [0.5, 0.6) is 0 Å². The fourth-order valence-electron chi connectivity index (χ4n) is 1.22. The molecule has 0 heterocycles. The highest BCUT2D eigenvalue weighted by Crippen LogP contribution is 2.16. The quantitative estimate of drug-likeness (QED) is 0.838. The van der Waals surface area contributed by atoms with Crippen LogP contribution < -0.4 is 4.72 Å². The first-order valence-corrected chi connectivity index (χ1v) is 6.35. The minimum atomic E-state index is -3.32. The van der Waals surface area contributed by atoms with Gasteiger partial charge in [0.05, 0.1) is 11.3 Å². The predicted molar refractivity (Wildman–Crippen MR) is 61.2 cm³/mol. The van der Waals surface area contributed by atoms with Crippen molar-refractivity contribution in [2.45, 2.75) is 13.8 Å². The summed E-state index contributed by atoms with van der Waals surface area (Å²) in [6.45, 7) is 3.15. The molecule has 0 amide bonds. The smallest absolute Gasteiger partial charge is 0.335 e. The van der Waals surface area contributed by atoms with Crippen LogP contribution in [0.2, 0.25) is 0 Å². The standard InChI is InChI=1S/C10H13NO4S/c1-3-16(14,15)11-8-4-5-9(10(12)13)7(2)6-8/h4-6,11H,3H2,1-2H3,(H,12,13). The van der Waals surface area contributed by atoms with Crippen LogP contribution >= 0.6 is 0 Å². The molecule has 1 rings (SSSR count). The summed E-state index contributed by atoms with van der Waals surface area (Å²) in [5, 5.41) is 8.80.